The molecule has 0 unspecified atom stereocenters. The molecule has 1 aromatic heterocycles. The molecule has 0 bridgehead atoms. The molecular formula is C12H22N4. The van der Waals surface area contributed by atoms with E-state index < -0.39 is 0 Å². The number of hydrogen-bond acceptors (Lipinski definition) is 3. The second-order valence-electron chi connectivity index (χ2n) is 5.10. The first-order valence-corrected chi connectivity index (χ1v) is 5.98. The molecule has 1 saturated carbocycles. The predicted molar refractivity (Wildman–Crippen MR) is 65.2 cm³/mol. The van der Waals surface area contributed by atoms with Gasteiger partial charge in [0.15, 0.2) is 0 Å². The van der Waals surface area contributed by atoms with E-state index in [1.54, 1.807) is 0 Å². The lowest BCUT2D eigenvalue weighted by Gasteiger charge is -2.47. The van der Waals surface area contributed by atoms with Crippen LogP contribution in [0.3, 0.4) is 0 Å². The Morgan fingerprint density at radius 1 is 1.50 bits per heavy atom. The lowest BCUT2D eigenvalue weighted by atomic mass is 9.75. The minimum atomic E-state index is 0.405. The van der Waals surface area contributed by atoms with Crippen LogP contribution in [0.25, 0.3) is 0 Å². The van der Waals surface area contributed by atoms with Gasteiger partial charge in [0.05, 0.1) is 6.20 Å². The molecular weight excluding hydrogens is 200 g/mol. The van der Waals surface area contributed by atoms with Gasteiger partial charge in [0.2, 0.25) is 0 Å². The normalized spacial score (nSPS) is 18.8. The number of nitrogens with zero attached hydrogens (tertiary/aromatic N) is 3. The first kappa shape index (κ1) is 11.6. The summed E-state index contributed by atoms with van der Waals surface area (Å²) in [4.78, 5) is 2.37. The predicted octanol–water partition coefficient (Wildman–Crippen LogP) is 0.994. The van der Waals surface area contributed by atoms with Gasteiger partial charge in [-0.1, -0.05) is 0 Å². The zero-order valence-corrected chi connectivity index (χ0v) is 10.5. The van der Waals surface area contributed by atoms with Crippen LogP contribution in [0.1, 0.15) is 24.8 Å². The Morgan fingerprint density at radius 3 is 2.69 bits per heavy atom. The molecule has 2 rings (SSSR count). The van der Waals surface area contributed by atoms with Crippen molar-refractivity contribution in [3.63, 3.8) is 0 Å². The van der Waals surface area contributed by atoms with Crippen LogP contribution in [-0.2, 0) is 13.6 Å². The standard InChI is InChI=1S/C12H22N4/c1-15(2)12(5-4-6-12)10-13-7-11-8-14-16(3)9-11/h8-9,13H,4-7,10H2,1-3H3. The summed E-state index contributed by atoms with van der Waals surface area (Å²) in [5.41, 5.74) is 1.66. The van der Waals surface area contributed by atoms with Crippen LogP contribution >= 0.6 is 0 Å². The smallest absolute Gasteiger partial charge is 0.0534 e. The third-order valence-corrected chi connectivity index (χ3v) is 3.77. The summed E-state index contributed by atoms with van der Waals surface area (Å²) in [6.45, 7) is 2.00. The van der Waals surface area contributed by atoms with E-state index in [-0.39, 0.29) is 0 Å². The van der Waals surface area contributed by atoms with E-state index in [1.807, 2.05) is 17.9 Å². The molecule has 0 radical (unpaired) electrons. The molecule has 0 amide bonds. The topological polar surface area (TPSA) is 33.1 Å². The van der Waals surface area contributed by atoms with Crippen LogP contribution in [0.5, 0.6) is 0 Å². The highest BCUT2D eigenvalue weighted by molar-refractivity contribution is 5.04. The van der Waals surface area contributed by atoms with Gasteiger partial charge >= 0.3 is 0 Å². The third-order valence-electron chi connectivity index (χ3n) is 3.77. The van der Waals surface area contributed by atoms with Crippen molar-refractivity contribution in [3.8, 4) is 0 Å². The van der Waals surface area contributed by atoms with Crippen LogP contribution < -0.4 is 5.32 Å². The number of rotatable bonds is 5. The quantitative estimate of drug-likeness (QED) is 0.806. The summed E-state index contributed by atoms with van der Waals surface area (Å²) in [5.74, 6) is 0. The Hall–Kier alpha value is -0.870. The van der Waals surface area contributed by atoms with Crippen molar-refractivity contribution in [1.82, 2.24) is 20.0 Å². The average Bonchev–Trinajstić information content (AvgIpc) is 2.55. The Kier molecular flexibility index (Phi) is 3.30. The third kappa shape index (κ3) is 2.28. The van der Waals surface area contributed by atoms with Crippen LogP contribution in [0, 0.1) is 0 Å². The number of aryl methyl sites for hydroxylation is 1. The summed E-state index contributed by atoms with van der Waals surface area (Å²) in [6.07, 6.45) is 8.00. The zero-order chi connectivity index (χ0) is 11.6. The molecule has 4 heteroatoms. The van der Waals surface area contributed by atoms with Gasteiger partial charge in [-0.05, 0) is 33.4 Å². The molecule has 0 saturated heterocycles. The van der Waals surface area contributed by atoms with Gasteiger partial charge in [-0.3, -0.25) is 4.68 Å². The monoisotopic (exact) mass is 222 g/mol. The first-order valence-electron chi connectivity index (χ1n) is 5.98. The minimum Gasteiger partial charge on any atom is -0.311 e. The van der Waals surface area contributed by atoms with Crippen molar-refractivity contribution in [2.45, 2.75) is 31.3 Å². The van der Waals surface area contributed by atoms with Crippen molar-refractivity contribution in [2.75, 3.05) is 20.6 Å². The molecule has 0 atom stereocenters. The van der Waals surface area contributed by atoms with Gasteiger partial charge in [0, 0.05) is 37.4 Å². The number of nitrogens with one attached hydrogen (secondary N) is 1. The molecule has 16 heavy (non-hydrogen) atoms. The molecule has 0 aromatic carbocycles. The fraction of sp³-hybridized carbons (Fsp3) is 0.750. The van der Waals surface area contributed by atoms with Gasteiger partial charge in [-0.25, -0.2) is 0 Å². The number of aromatic nitrogens is 2. The fourth-order valence-electron chi connectivity index (χ4n) is 2.37. The van der Waals surface area contributed by atoms with Crippen LogP contribution in [-0.4, -0.2) is 40.9 Å². The lowest BCUT2D eigenvalue weighted by molar-refractivity contribution is 0.0598. The maximum absolute atomic E-state index is 4.17. The molecule has 1 aliphatic rings. The van der Waals surface area contributed by atoms with Crippen molar-refractivity contribution >= 4 is 0 Å². The van der Waals surface area contributed by atoms with E-state index in [1.165, 1.54) is 24.8 Å². The largest absolute Gasteiger partial charge is 0.311 e. The van der Waals surface area contributed by atoms with Gasteiger partial charge in [0.25, 0.3) is 0 Å². The van der Waals surface area contributed by atoms with Crippen LogP contribution in [0.4, 0.5) is 0 Å². The number of likely N-dealkylation sites (N-methyl/N-ethyl adjacent to an activating group) is 1. The highest BCUT2D eigenvalue weighted by atomic mass is 15.2. The Bertz CT molecular complexity index is 339. The first-order chi connectivity index (χ1) is 7.62. The molecule has 90 valence electrons. The van der Waals surface area contributed by atoms with E-state index >= 15 is 0 Å². The molecule has 1 aliphatic carbocycles. The van der Waals surface area contributed by atoms with Gasteiger partial charge in [-0.15, -0.1) is 0 Å². The molecule has 1 N–H and O–H groups in total. The maximum Gasteiger partial charge on any atom is 0.0534 e. The van der Waals surface area contributed by atoms with Gasteiger partial charge in [0.1, 0.15) is 0 Å². The van der Waals surface area contributed by atoms with E-state index in [0.717, 1.165) is 13.1 Å². The summed E-state index contributed by atoms with van der Waals surface area (Å²) in [5, 5.41) is 7.71. The molecule has 1 fully saturated rings. The van der Waals surface area contributed by atoms with E-state index in [0.29, 0.717) is 5.54 Å². The molecule has 1 aromatic rings. The molecule has 1 heterocycles. The van der Waals surface area contributed by atoms with Gasteiger partial charge in [-0.2, -0.15) is 5.10 Å². The molecule has 0 spiro atoms. The lowest BCUT2D eigenvalue weighted by Crippen LogP contribution is -2.56. The Morgan fingerprint density at radius 2 is 2.25 bits per heavy atom. The SMILES string of the molecule is CN(C)C1(CNCc2cnn(C)c2)CCC1. The van der Waals surface area contributed by atoms with Crippen molar-refractivity contribution in [2.24, 2.45) is 7.05 Å². The average molecular weight is 222 g/mol. The number of hydrogen-bond donors (Lipinski definition) is 1. The van der Waals surface area contributed by atoms with Crippen molar-refractivity contribution in [3.05, 3.63) is 18.0 Å². The Labute approximate surface area is 97.6 Å². The summed E-state index contributed by atoms with van der Waals surface area (Å²) >= 11 is 0. The summed E-state index contributed by atoms with van der Waals surface area (Å²) in [7, 11) is 6.33. The van der Waals surface area contributed by atoms with Gasteiger partial charge < -0.3 is 10.2 Å². The minimum absolute atomic E-state index is 0.405. The maximum atomic E-state index is 4.17. The fourth-order valence-corrected chi connectivity index (χ4v) is 2.37. The van der Waals surface area contributed by atoms with Crippen LogP contribution in [0.2, 0.25) is 0 Å². The van der Waals surface area contributed by atoms with Crippen molar-refractivity contribution < 1.29 is 0 Å². The Balaban J connectivity index is 1.79. The zero-order valence-electron chi connectivity index (χ0n) is 10.5. The summed E-state index contributed by atoms with van der Waals surface area (Å²) in [6, 6.07) is 0. The summed E-state index contributed by atoms with van der Waals surface area (Å²) < 4.78 is 1.85. The van der Waals surface area contributed by atoms with Crippen molar-refractivity contribution in [1.29, 1.82) is 0 Å². The molecule has 4 nitrogen and oxygen atoms in total. The van der Waals surface area contributed by atoms with E-state index in [9.17, 15) is 0 Å². The molecule has 0 aliphatic heterocycles. The van der Waals surface area contributed by atoms with Crippen LogP contribution in [0.15, 0.2) is 12.4 Å². The second kappa shape index (κ2) is 4.55. The van der Waals surface area contributed by atoms with E-state index in [2.05, 4.69) is 35.6 Å². The highest BCUT2D eigenvalue weighted by Gasteiger charge is 2.38. The van der Waals surface area contributed by atoms with E-state index in [4.69, 9.17) is 0 Å². The highest BCUT2D eigenvalue weighted by Crippen LogP contribution is 2.35. The second-order valence-corrected chi connectivity index (χ2v) is 5.10.